The van der Waals surface area contributed by atoms with Crippen molar-refractivity contribution in [1.82, 2.24) is 29.8 Å². The molecule has 2 heterocycles. The van der Waals surface area contributed by atoms with E-state index >= 15 is 0 Å². The molecule has 0 aromatic rings. The molecule has 2 fully saturated rings. The van der Waals surface area contributed by atoms with E-state index in [-0.39, 0.29) is 25.5 Å². The average Bonchev–Trinajstić information content (AvgIpc) is 3.30. The first kappa shape index (κ1) is 39.8. The molecule has 0 aliphatic carbocycles. The number of halogens is 2. The van der Waals surface area contributed by atoms with Crippen molar-refractivity contribution in [1.29, 1.82) is 0 Å². The molecular formula is C27H64Cl2N6. The Bertz CT molecular complexity index is 398. The summed E-state index contributed by atoms with van der Waals surface area (Å²) in [7, 11) is 8.56. The molecule has 2 aliphatic heterocycles. The topological polar surface area (TPSA) is 28.2 Å². The number of rotatable bonds is 13. The monoisotopic (exact) mass is 542 g/mol. The van der Waals surface area contributed by atoms with Crippen LogP contribution >= 0.6 is 24.0 Å². The molecule has 1 N–H and O–H groups in total. The summed E-state index contributed by atoms with van der Waals surface area (Å²) in [5, 5.41) is 3.39. The fourth-order valence-electron chi connectivity index (χ4n) is 4.10. The van der Waals surface area contributed by atoms with Gasteiger partial charge in [-0.25, -0.2) is 0 Å². The lowest BCUT2D eigenvalue weighted by atomic mass is 10.2. The second-order valence-corrected chi connectivity index (χ2v) is 10.2. The van der Waals surface area contributed by atoms with E-state index < -0.39 is 0 Å². The van der Waals surface area contributed by atoms with Crippen molar-refractivity contribution in [2.45, 2.75) is 98.4 Å². The van der Waals surface area contributed by atoms with Crippen molar-refractivity contribution >= 4 is 24.0 Å². The van der Waals surface area contributed by atoms with Gasteiger partial charge in [-0.15, -0.1) is 12.4 Å². The number of nitrogens with one attached hydrogen (secondary N) is 1. The fourth-order valence-corrected chi connectivity index (χ4v) is 4.29. The molecule has 0 atom stereocenters. The van der Waals surface area contributed by atoms with Crippen molar-refractivity contribution in [3.05, 3.63) is 0 Å². The second kappa shape index (κ2) is 26.0. The van der Waals surface area contributed by atoms with Crippen LogP contribution in [-0.2, 0) is 0 Å². The largest absolute Gasteiger partial charge is 0.317 e. The van der Waals surface area contributed by atoms with Crippen LogP contribution in [0.4, 0.5) is 0 Å². The minimum atomic E-state index is 0. The number of hydrogen-bond donors (Lipinski definition) is 1. The molecule has 0 radical (unpaired) electrons. The molecular weight excluding hydrogens is 479 g/mol. The number of likely N-dealkylation sites (N-methyl/N-ethyl adjacent to an activating group) is 4. The van der Waals surface area contributed by atoms with Gasteiger partial charge < -0.3 is 5.32 Å². The Morgan fingerprint density at radius 3 is 1.29 bits per heavy atom. The van der Waals surface area contributed by atoms with Gasteiger partial charge in [0.15, 0.2) is 0 Å². The molecule has 0 bridgehead atoms. The Morgan fingerprint density at radius 2 is 1.00 bits per heavy atom. The summed E-state index contributed by atoms with van der Waals surface area (Å²) in [6, 6.07) is 0. The number of alkyl halides is 1. The number of hydrogen-bond acceptors (Lipinski definition) is 6. The molecule has 2 rings (SSSR count). The SMILES string of the molecule is C.CCCCN(CCCC)C1N(C)CCN1C.CCCCNCCCC.CN1CCN(C)C1Cl.Cl. The molecule has 0 spiro atoms. The highest BCUT2D eigenvalue weighted by atomic mass is 35.5. The molecule has 0 unspecified atom stereocenters. The van der Waals surface area contributed by atoms with Gasteiger partial charge >= 0.3 is 0 Å². The van der Waals surface area contributed by atoms with Gasteiger partial charge in [-0.2, -0.15) is 0 Å². The van der Waals surface area contributed by atoms with Crippen molar-refractivity contribution in [2.75, 3.05) is 80.5 Å². The fraction of sp³-hybridized carbons (Fsp3) is 1.00. The van der Waals surface area contributed by atoms with Crippen LogP contribution in [0.1, 0.15) is 86.5 Å². The highest BCUT2D eigenvalue weighted by molar-refractivity contribution is 6.20. The van der Waals surface area contributed by atoms with Crippen molar-refractivity contribution in [3.63, 3.8) is 0 Å². The Morgan fingerprint density at radius 1 is 0.657 bits per heavy atom. The second-order valence-electron chi connectivity index (χ2n) is 9.78. The minimum absolute atomic E-state index is 0. The van der Waals surface area contributed by atoms with Crippen molar-refractivity contribution in [3.8, 4) is 0 Å². The lowest BCUT2D eigenvalue weighted by Crippen LogP contribution is -2.50. The summed E-state index contributed by atoms with van der Waals surface area (Å²) < 4.78 is 0. The molecule has 6 nitrogen and oxygen atoms in total. The van der Waals surface area contributed by atoms with Crippen molar-refractivity contribution in [2.24, 2.45) is 0 Å². The predicted octanol–water partition coefficient (Wildman–Crippen LogP) is 5.67. The molecule has 0 saturated carbocycles. The van der Waals surface area contributed by atoms with Gasteiger partial charge in [0, 0.05) is 39.3 Å². The lowest BCUT2D eigenvalue weighted by Gasteiger charge is -2.36. The van der Waals surface area contributed by atoms with Gasteiger partial charge in [0.2, 0.25) is 0 Å². The number of nitrogens with zero attached hydrogens (tertiary/aromatic N) is 5. The maximum atomic E-state index is 5.86. The standard InChI is InChI=1S/C13H29N3.C8H19N.C5H11ClN2.CH4.ClH/c1-5-7-9-16(10-8-6-2)13-14(3)11-12-15(13)4;1-3-5-7-9-8-6-4-2;1-7-3-4-8(2)5(7)6;;/h13H,5-12H2,1-4H3;9H,3-8H2,1-2H3;5H,3-4H2,1-2H3;1H4;1H. The zero-order valence-corrected chi connectivity index (χ0v) is 25.6. The summed E-state index contributed by atoms with van der Waals surface area (Å²) in [6.07, 6.45) is 11.0. The first-order valence-electron chi connectivity index (χ1n) is 13.7. The van der Waals surface area contributed by atoms with E-state index in [2.05, 4.69) is 71.6 Å². The summed E-state index contributed by atoms with van der Waals surface area (Å²) in [5.74, 6) is 0. The molecule has 35 heavy (non-hydrogen) atoms. The molecule has 0 aromatic heterocycles. The van der Waals surface area contributed by atoms with E-state index in [1.807, 2.05) is 14.1 Å². The van der Waals surface area contributed by atoms with Crippen LogP contribution in [0.15, 0.2) is 0 Å². The summed E-state index contributed by atoms with van der Waals surface area (Å²) in [6.45, 7) is 18.5. The van der Waals surface area contributed by atoms with Crippen LogP contribution in [0, 0.1) is 0 Å². The van der Waals surface area contributed by atoms with E-state index in [0.717, 1.165) is 13.1 Å². The minimum Gasteiger partial charge on any atom is -0.317 e. The summed E-state index contributed by atoms with van der Waals surface area (Å²) in [4.78, 5) is 11.8. The van der Waals surface area contributed by atoms with Crippen LogP contribution in [-0.4, -0.2) is 117 Å². The van der Waals surface area contributed by atoms with E-state index in [1.54, 1.807) is 0 Å². The smallest absolute Gasteiger partial charge is 0.139 e. The molecule has 0 aromatic carbocycles. The maximum absolute atomic E-state index is 5.86. The zero-order chi connectivity index (χ0) is 25.1. The van der Waals surface area contributed by atoms with Crippen LogP contribution in [0.3, 0.4) is 0 Å². The number of unbranched alkanes of at least 4 members (excludes halogenated alkanes) is 4. The summed E-state index contributed by atoms with van der Waals surface area (Å²) in [5.41, 5.74) is 0.120. The van der Waals surface area contributed by atoms with E-state index in [4.69, 9.17) is 11.6 Å². The lowest BCUT2D eigenvalue weighted by molar-refractivity contribution is 0.00787. The van der Waals surface area contributed by atoms with Gasteiger partial charge in [0.1, 0.15) is 11.9 Å². The van der Waals surface area contributed by atoms with E-state index in [9.17, 15) is 0 Å². The Balaban J connectivity index is -0.000000463. The first-order chi connectivity index (χ1) is 15.8. The molecule has 0 amide bonds. The van der Waals surface area contributed by atoms with Crippen LogP contribution in [0.2, 0.25) is 0 Å². The van der Waals surface area contributed by atoms with Gasteiger partial charge in [0.05, 0.1) is 0 Å². The van der Waals surface area contributed by atoms with Gasteiger partial charge in [-0.05, 0) is 67.0 Å². The highest BCUT2D eigenvalue weighted by Crippen LogP contribution is 2.16. The van der Waals surface area contributed by atoms with Crippen LogP contribution < -0.4 is 5.32 Å². The van der Waals surface area contributed by atoms with Crippen LogP contribution in [0.25, 0.3) is 0 Å². The predicted molar refractivity (Wildman–Crippen MR) is 162 cm³/mol. The molecule has 2 aliphatic rings. The Hall–Kier alpha value is 0.340. The van der Waals surface area contributed by atoms with Gasteiger partial charge in [-0.3, -0.25) is 24.5 Å². The van der Waals surface area contributed by atoms with E-state index in [0.29, 0.717) is 6.29 Å². The zero-order valence-electron chi connectivity index (χ0n) is 24.0. The maximum Gasteiger partial charge on any atom is 0.139 e. The van der Waals surface area contributed by atoms with Gasteiger partial charge in [0.25, 0.3) is 0 Å². The average molecular weight is 544 g/mol. The van der Waals surface area contributed by atoms with Gasteiger partial charge in [-0.1, -0.05) is 72.4 Å². The normalized spacial score (nSPS) is 18.0. The van der Waals surface area contributed by atoms with Crippen molar-refractivity contribution < 1.29 is 0 Å². The molecule has 216 valence electrons. The summed E-state index contributed by atoms with van der Waals surface area (Å²) >= 11 is 5.86. The molecule has 2 saturated heterocycles. The third kappa shape index (κ3) is 18.3. The Labute approximate surface area is 232 Å². The van der Waals surface area contributed by atoms with Crippen LogP contribution in [0.5, 0.6) is 0 Å². The third-order valence-electron chi connectivity index (χ3n) is 6.47. The highest BCUT2D eigenvalue weighted by Gasteiger charge is 2.30. The first-order valence-corrected chi connectivity index (χ1v) is 14.2. The molecule has 8 heteroatoms. The third-order valence-corrected chi connectivity index (χ3v) is 7.13. The Kier molecular flexibility index (Phi) is 29.6. The quantitative estimate of drug-likeness (QED) is 0.183. The van der Waals surface area contributed by atoms with E-state index in [1.165, 1.54) is 90.6 Å².